The number of rotatable bonds is 2. The Hall–Kier alpha value is -0.470. The van der Waals surface area contributed by atoms with Crippen LogP contribution in [-0.2, 0) is 9.53 Å². The molecule has 0 aliphatic rings. The Morgan fingerprint density at radius 1 is 1.00 bits per heavy atom. The summed E-state index contributed by atoms with van der Waals surface area (Å²) in [6.07, 6.45) is -12.8. The van der Waals surface area contributed by atoms with Gasteiger partial charge in [0, 0.05) is 0 Å². The van der Waals surface area contributed by atoms with Gasteiger partial charge >= 0.3 is 22.6 Å². The fraction of sp³-hybridized carbons (Fsp3) is 0.900. The van der Waals surface area contributed by atoms with Crippen molar-refractivity contribution in [1.29, 1.82) is 0 Å². The highest BCUT2D eigenvalue weighted by Gasteiger charge is 2.76. The Labute approximate surface area is 114 Å². The minimum Gasteiger partial charge on any atom is -0.461 e. The first-order valence-electron chi connectivity index (χ1n) is 5.08. The van der Waals surface area contributed by atoms with Crippen molar-refractivity contribution in [1.82, 2.24) is 0 Å². The van der Waals surface area contributed by atoms with Crippen molar-refractivity contribution in [2.45, 2.75) is 50.5 Å². The number of carbonyl (C=O) groups is 1. The molecule has 0 unspecified atom stereocenters. The van der Waals surface area contributed by atoms with Crippen LogP contribution in [0.4, 0.5) is 26.3 Å². The normalized spacial score (nSPS) is 16.2. The van der Waals surface area contributed by atoms with Gasteiger partial charge in [0.2, 0.25) is 0 Å². The number of hydrogen-bond donors (Lipinski definition) is 0. The summed E-state index contributed by atoms with van der Waals surface area (Å²) in [4.78, 5) is 11.3. The zero-order chi connectivity index (χ0) is 15.9. The van der Waals surface area contributed by atoms with E-state index in [4.69, 9.17) is 0 Å². The topological polar surface area (TPSA) is 26.3 Å². The lowest BCUT2D eigenvalue weighted by molar-refractivity contribution is -0.265. The Bertz CT molecular complexity index is 327. The maximum Gasteiger partial charge on any atom is 0.423 e. The summed E-state index contributed by atoms with van der Waals surface area (Å²) >= 11 is 1.46. The number of alkyl halides is 7. The van der Waals surface area contributed by atoms with Crippen LogP contribution in [0, 0.1) is 5.41 Å². The molecular formula is C10H13BrF6O2. The van der Waals surface area contributed by atoms with Gasteiger partial charge in [-0.05, 0) is 12.3 Å². The number of ether oxygens (including phenoxy) is 1. The molecule has 19 heavy (non-hydrogen) atoms. The van der Waals surface area contributed by atoms with Crippen LogP contribution in [0.3, 0.4) is 0 Å². The highest BCUT2D eigenvalue weighted by molar-refractivity contribution is 9.10. The highest BCUT2D eigenvalue weighted by Crippen LogP contribution is 2.50. The zero-order valence-electron chi connectivity index (χ0n) is 10.5. The van der Waals surface area contributed by atoms with Gasteiger partial charge in [0.25, 0.3) is 0 Å². The van der Waals surface area contributed by atoms with E-state index in [0.717, 1.165) is 0 Å². The van der Waals surface area contributed by atoms with Gasteiger partial charge < -0.3 is 4.74 Å². The molecule has 114 valence electrons. The standard InChI is InChI=1S/C10H13BrF6O2/c1-5(7(2,3)4)19-6(18)8(11,9(12,13)14)10(15,16)17/h5H,1-4H3/t5-/m0/s1. The molecule has 0 spiro atoms. The van der Waals surface area contributed by atoms with Crippen LogP contribution in [0.2, 0.25) is 0 Å². The van der Waals surface area contributed by atoms with Gasteiger partial charge in [-0.25, -0.2) is 4.79 Å². The second-order valence-corrected chi connectivity index (χ2v) is 6.26. The second kappa shape index (κ2) is 5.14. The molecule has 0 aromatic rings. The smallest absolute Gasteiger partial charge is 0.423 e. The molecule has 0 rings (SSSR count). The van der Waals surface area contributed by atoms with E-state index in [-0.39, 0.29) is 0 Å². The first-order chi connectivity index (χ1) is 8.05. The number of halogens is 7. The van der Waals surface area contributed by atoms with E-state index >= 15 is 0 Å². The van der Waals surface area contributed by atoms with E-state index in [1.807, 2.05) is 0 Å². The summed E-state index contributed by atoms with van der Waals surface area (Å²) in [5.74, 6) is -2.42. The maximum absolute atomic E-state index is 12.5. The van der Waals surface area contributed by atoms with Crippen LogP contribution < -0.4 is 0 Å². The molecule has 9 heteroatoms. The summed E-state index contributed by atoms with van der Waals surface area (Å²) < 4.78 is 74.8. The molecule has 0 N–H and O–H groups in total. The van der Waals surface area contributed by atoms with E-state index in [2.05, 4.69) is 4.74 Å². The molecule has 0 bridgehead atoms. The monoisotopic (exact) mass is 358 g/mol. The first kappa shape index (κ1) is 18.5. The van der Waals surface area contributed by atoms with E-state index in [9.17, 15) is 31.1 Å². The van der Waals surface area contributed by atoms with Crippen molar-refractivity contribution in [3.8, 4) is 0 Å². The molecule has 0 saturated carbocycles. The molecule has 0 amide bonds. The molecule has 0 heterocycles. The lowest BCUT2D eigenvalue weighted by Crippen LogP contribution is -2.59. The Balaban J connectivity index is 5.42. The largest absolute Gasteiger partial charge is 0.461 e. The van der Waals surface area contributed by atoms with E-state index in [1.165, 1.54) is 43.6 Å². The molecule has 0 aromatic carbocycles. The van der Waals surface area contributed by atoms with Gasteiger partial charge in [0.15, 0.2) is 0 Å². The van der Waals surface area contributed by atoms with Crippen molar-refractivity contribution in [2.24, 2.45) is 5.41 Å². The van der Waals surface area contributed by atoms with Crippen molar-refractivity contribution in [2.75, 3.05) is 0 Å². The fourth-order valence-electron chi connectivity index (χ4n) is 0.811. The summed E-state index contributed by atoms with van der Waals surface area (Å²) in [5, 5.41) is 0. The van der Waals surface area contributed by atoms with Crippen molar-refractivity contribution < 1.29 is 35.9 Å². The van der Waals surface area contributed by atoms with E-state index in [0.29, 0.717) is 0 Å². The van der Waals surface area contributed by atoms with Crippen LogP contribution in [0.1, 0.15) is 27.7 Å². The van der Waals surface area contributed by atoms with Gasteiger partial charge in [0.05, 0.1) is 0 Å². The molecule has 0 aromatic heterocycles. The SMILES string of the molecule is C[C@H](OC(=O)C(Br)(C(F)(F)F)C(F)(F)F)C(C)(C)C. The van der Waals surface area contributed by atoms with E-state index < -0.39 is 34.2 Å². The summed E-state index contributed by atoms with van der Waals surface area (Å²) in [6.45, 7) is 5.77. The van der Waals surface area contributed by atoms with Crippen molar-refractivity contribution in [3.63, 3.8) is 0 Å². The minimum atomic E-state index is -5.86. The average Bonchev–Trinajstić information content (AvgIpc) is 2.10. The molecular weight excluding hydrogens is 346 g/mol. The molecule has 1 atom stereocenters. The molecule has 0 aliphatic heterocycles. The summed E-state index contributed by atoms with van der Waals surface area (Å²) in [5.41, 5.74) is -0.791. The van der Waals surface area contributed by atoms with Crippen molar-refractivity contribution in [3.05, 3.63) is 0 Å². The van der Waals surface area contributed by atoms with Crippen molar-refractivity contribution >= 4 is 21.9 Å². The predicted octanol–water partition coefficient (Wildman–Crippen LogP) is 4.22. The third-order valence-corrected chi connectivity index (χ3v) is 3.79. The lowest BCUT2D eigenvalue weighted by Gasteiger charge is -2.33. The highest BCUT2D eigenvalue weighted by atomic mass is 79.9. The van der Waals surface area contributed by atoms with E-state index in [1.54, 1.807) is 0 Å². The van der Waals surface area contributed by atoms with Crippen LogP contribution in [0.15, 0.2) is 0 Å². The van der Waals surface area contributed by atoms with Crippen LogP contribution >= 0.6 is 15.9 Å². The first-order valence-corrected chi connectivity index (χ1v) is 5.88. The molecule has 0 saturated heterocycles. The predicted molar refractivity (Wildman–Crippen MR) is 58.8 cm³/mol. The summed E-state index contributed by atoms with van der Waals surface area (Å²) in [6, 6.07) is 0. The van der Waals surface area contributed by atoms with Crippen LogP contribution in [0.25, 0.3) is 0 Å². The number of esters is 1. The van der Waals surface area contributed by atoms with Gasteiger partial charge in [0.1, 0.15) is 6.10 Å². The number of carbonyl (C=O) groups excluding carboxylic acids is 1. The zero-order valence-corrected chi connectivity index (χ0v) is 12.1. The van der Waals surface area contributed by atoms with Gasteiger partial charge in [-0.1, -0.05) is 36.7 Å². The second-order valence-electron chi connectivity index (χ2n) is 5.07. The van der Waals surface area contributed by atoms with Gasteiger partial charge in [-0.3, -0.25) is 0 Å². The quantitative estimate of drug-likeness (QED) is 0.419. The summed E-state index contributed by atoms with van der Waals surface area (Å²) in [7, 11) is 0. The average molecular weight is 359 g/mol. The van der Waals surface area contributed by atoms with Crippen LogP contribution in [0.5, 0.6) is 0 Å². The molecule has 2 nitrogen and oxygen atoms in total. The Morgan fingerprint density at radius 3 is 1.53 bits per heavy atom. The Morgan fingerprint density at radius 2 is 1.32 bits per heavy atom. The molecule has 0 fully saturated rings. The minimum absolute atomic E-state index is 0.791. The molecule has 0 aliphatic carbocycles. The van der Waals surface area contributed by atoms with Gasteiger partial charge in [-0.15, -0.1) is 0 Å². The lowest BCUT2D eigenvalue weighted by atomic mass is 9.90. The third-order valence-electron chi connectivity index (χ3n) is 2.57. The molecule has 0 radical (unpaired) electrons. The number of hydrogen-bond acceptors (Lipinski definition) is 2. The maximum atomic E-state index is 12.5. The van der Waals surface area contributed by atoms with Crippen LogP contribution in [-0.4, -0.2) is 28.8 Å². The fourth-order valence-corrected chi connectivity index (χ4v) is 0.904. The third kappa shape index (κ3) is 3.76. The van der Waals surface area contributed by atoms with Gasteiger partial charge in [-0.2, -0.15) is 26.3 Å². The Kier molecular flexibility index (Phi) is 5.01.